The van der Waals surface area contributed by atoms with Crippen molar-refractivity contribution in [1.82, 2.24) is 5.32 Å². The van der Waals surface area contributed by atoms with E-state index in [9.17, 15) is 13.2 Å². The molecule has 118 valence electrons. The van der Waals surface area contributed by atoms with Crippen molar-refractivity contribution in [2.45, 2.75) is 13.0 Å². The molecule has 0 spiro atoms. The molecule has 0 radical (unpaired) electrons. The maximum Gasteiger partial charge on any atom is 0.243 e. The molecule has 0 aliphatic heterocycles. The maximum atomic E-state index is 12.1. The lowest BCUT2D eigenvalue weighted by atomic mass is 10.2. The van der Waals surface area contributed by atoms with Gasteiger partial charge in [-0.2, -0.15) is 0 Å². The Bertz CT molecular complexity index is 592. The Morgan fingerprint density at radius 1 is 1.48 bits per heavy atom. The highest BCUT2D eigenvalue weighted by atomic mass is 35.5. The molecule has 0 saturated heterocycles. The van der Waals surface area contributed by atoms with Crippen molar-refractivity contribution in [2.24, 2.45) is 0 Å². The number of anilines is 1. The first-order chi connectivity index (χ1) is 9.77. The Kier molecular flexibility index (Phi) is 6.44. The summed E-state index contributed by atoms with van der Waals surface area (Å²) >= 11 is 5.89. The van der Waals surface area contributed by atoms with E-state index in [0.29, 0.717) is 23.9 Å². The van der Waals surface area contributed by atoms with Crippen LogP contribution < -0.4 is 9.62 Å². The van der Waals surface area contributed by atoms with Crippen molar-refractivity contribution in [3.63, 3.8) is 0 Å². The highest BCUT2D eigenvalue weighted by Crippen LogP contribution is 2.24. The number of ether oxygens (including phenoxy) is 1. The molecule has 0 bridgehead atoms. The molecule has 0 aromatic heterocycles. The molecule has 1 rings (SSSR count). The summed E-state index contributed by atoms with van der Waals surface area (Å²) in [6, 6.07) is 5.46. The van der Waals surface area contributed by atoms with Crippen LogP contribution in [-0.4, -0.2) is 46.9 Å². The number of hydrogen-bond donors (Lipinski definition) is 1. The second-order valence-corrected chi connectivity index (χ2v) is 6.79. The molecule has 1 atom stereocenters. The van der Waals surface area contributed by atoms with Gasteiger partial charge in [-0.1, -0.05) is 17.7 Å². The van der Waals surface area contributed by atoms with Gasteiger partial charge in [0.05, 0.1) is 18.6 Å². The molecule has 1 unspecified atom stereocenters. The van der Waals surface area contributed by atoms with Gasteiger partial charge in [-0.3, -0.25) is 9.10 Å². The summed E-state index contributed by atoms with van der Waals surface area (Å²) in [6.07, 6.45) is 1.05. The Hall–Kier alpha value is -1.31. The fraction of sp³-hybridized carbons (Fsp3) is 0.462. The number of halogens is 1. The highest BCUT2D eigenvalue weighted by Gasteiger charge is 2.28. The van der Waals surface area contributed by atoms with Crippen molar-refractivity contribution >= 4 is 33.2 Å². The maximum absolute atomic E-state index is 12.1. The van der Waals surface area contributed by atoms with Gasteiger partial charge in [0.2, 0.25) is 15.9 Å². The molecule has 8 heteroatoms. The van der Waals surface area contributed by atoms with Crippen LogP contribution in [0.25, 0.3) is 0 Å². The third-order valence-corrected chi connectivity index (χ3v) is 4.23. The number of carbonyl (C=O) groups is 1. The third kappa shape index (κ3) is 5.18. The van der Waals surface area contributed by atoms with Crippen LogP contribution in [0.2, 0.25) is 5.02 Å². The third-order valence-electron chi connectivity index (χ3n) is 2.76. The molecule has 0 aliphatic carbocycles. The molecule has 21 heavy (non-hydrogen) atoms. The van der Waals surface area contributed by atoms with Gasteiger partial charge in [-0.15, -0.1) is 0 Å². The molecule has 1 aromatic rings. The average Bonchev–Trinajstić information content (AvgIpc) is 2.37. The number of carbonyl (C=O) groups excluding carboxylic acids is 1. The van der Waals surface area contributed by atoms with Crippen LogP contribution in [0.15, 0.2) is 24.3 Å². The minimum absolute atomic E-state index is 0.312. The second kappa shape index (κ2) is 7.63. The minimum atomic E-state index is -3.63. The minimum Gasteiger partial charge on any atom is -0.383 e. The van der Waals surface area contributed by atoms with E-state index in [0.717, 1.165) is 10.6 Å². The number of hydrogen-bond acceptors (Lipinski definition) is 4. The van der Waals surface area contributed by atoms with E-state index in [1.807, 2.05) is 0 Å². The van der Waals surface area contributed by atoms with Gasteiger partial charge in [-0.05, 0) is 25.1 Å². The van der Waals surface area contributed by atoms with Crippen molar-refractivity contribution < 1.29 is 17.9 Å². The summed E-state index contributed by atoms with van der Waals surface area (Å²) in [4.78, 5) is 12.1. The molecular weight excluding hydrogens is 316 g/mol. The topological polar surface area (TPSA) is 75.7 Å². The fourth-order valence-corrected chi connectivity index (χ4v) is 3.20. The number of nitrogens with zero attached hydrogens (tertiary/aromatic N) is 1. The van der Waals surface area contributed by atoms with E-state index in [2.05, 4.69) is 5.32 Å². The second-order valence-electron chi connectivity index (χ2n) is 4.50. The Morgan fingerprint density at radius 2 is 2.14 bits per heavy atom. The molecule has 0 heterocycles. The van der Waals surface area contributed by atoms with Gasteiger partial charge in [0.25, 0.3) is 0 Å². The summed E-state index contributed by atoms with van der Waals surface area (Å²) < 4.78 is 29.9. The monoisotopic (exact) mass is 334 g/mol. The molecular formula is C13H19ClN2O4S. The van der Waals surface area contributed by atoms with Crippen molar-refractivity contribution in [3.05, 3.63) is 29.3 Å². The van der Waals surface area contributed by atoms with Gasteiger partial charge in [0.15, 0.2) is 0 Å². The van der Waals surface area contributed by atoms with Gasteiger partial charge in [0.1, 0.15) is 6.04 Å². The first-order valence-corrected chi connectivity index (χ1v) is 8.51. The van der Waals surface area contributed by atoms with Crippen LogP contribution in [0.4, 0.5) is 5.69 Å². The SMILES string of the molecule is COCCNC(=O)C(C)N(c1cccc(Cl)c1)S(C)(=O)=O. The van der Waals surface area contributed by atoms with Crippen molar-refractivity contribution in [2.75, 3.05) is 30.8 Å². The first kappa shape index (κ1) is 17.7. The molecule has 6 nitrogen and oxygen atoms in total. The predicted molar refractivity (Wildman–Crippen MR) is 83.1 cm³/mol. The van der Waals surface area contributed by atoms with Gasteiger partial charge in [-0.25, -0.2) is 8.42 Å². The largest absolute Gasteiger partial charge is 0.383 e. The number of rotatable bonds is 7. The zero-order chi connectivity index (χ0) is 16.0. The molecule has 1 aromatic carbocycles. The van der Waals surface area contributed by atoms with Crippen LogP contribution >= 0.6 is 11.6 Å². The number of sulfonamides is 1. The van der Waals surface area contributed by atoms with E-state index in [1.54, 1.807) is 18.2 Å². The summed E-state index contributed by atoms with van der Waals surface area (Å²) in [5.41, 5.74) is 0.347. The Balaban J connectivity index is 3.01. The number of nitrogens with one attached hydrogen (secondary N) is 1. The quantitative estimate of drug-likeness (QED) is 0.762. The fourth-order valence-electron chi connectivity index (χ4n) is 1.85. The van der Waals surface area contributed by atoms with Crippen molar-refractivity contribution in [1.29, 1.82) is 0 Å². The molecule has 1 amide bonds. The first-order valence-electron chi connectivity index (χ1n) is 6.29. The average molecular weight is 335 g/mol. The number of benzene rings is 1. The normalized spacial score (nSPS) is 12.8. The smallest absolute Gasteiger partial charge is 0.243 e. The lowest BCUT2D eigenvalue weighted by molar-refractivity contribution is -0.122. The Morgan fingerprint density at radius 3 is 2.67 bits per heavy atom. The summed E-state index contributed by atoms with van der Waals surface area (Å²) in [5, 5.41) is 3.01. The number of amides is 1. The highest BCUT2D eigenvalue weighted by molar-refractivity contribution is 7.92. The van der Waals surface area contributed by atoms with E-state index in [-0.39, 0.29) is 0 Å². The van der Waals surface area contributed by atoms with Crippen LogP contribution in [0, 0.1) is 0 Å². The standard InChI is InChI=1S/C13H19ClN2O4S/c1-10(13(17)15-7-8-20-2)16(21(3,18)19)12-6-4-5-11(14)9-12/h4-6,9-10H,7-8H2,1-3H3,(H,15,17). The van der Waals surface area contributed by atoms with Crippen LogP contribution in [-0.2, 0) is 19.6 Å². The van der Waals surface area contributed by atoms with Gasteiger partial charge in [0, 0.05) is 18.7 Å². The van der Waals surface area contributed by atoms with E-state index < -0.39 is 22.0 Å². The summed E-state index contributed by atoms with van der Waals surface area (Å²) in [6.45, 7) is 2.19. The lowest BCUT2D eigenvalue weighted by Gasteiger charge is -2.28. The van der Waals surface area contributed by atoms with Crippen LogP contribution in [0.3, 0.4) is 0 Å². The van der Waals surface area contributed by atoms with Crippen molar-refractivity contribution in [3.8, 4) is 0 Å². The van der Waals surface area contributed by atoms with Gasteiger partial charge < -0.3 is 10.1 Å². The zero-order valence-corrected chi connectivity index (χ0v) is 13.7. The van der Waals surface area contributed by atoms with E-state index >= 15 is 0 Å². The summed E-state index contributed by atoms with van der Waals surface area (Å²) in [7, 11) is -2.11. The predicted octanol–water partition coefficient (Wildman–Crippen LogP) is 1.26. The molecule has 0 fully saturated rings. The molecule has 1 N–H and O–H groups in total. The lowest BCUT2D eigenvalue weighted by Crippen LogP contribution is -2.48. The van der Waals surface area contributed by atoms with Crippen LogP contribution in [0.5, 0.6) is 0 Å². The van der Waals surface area contributed by atoms with E-state index in [1.165, 1.54) is 20.1 Å². The van der Waals surface area contributed by atoms with Crippen LogP contribution in [0.1, 0.15) is 6.92 Å². The molecule has 0 saturated carbocycles. The zero-order valence-electron chi connectivity index (χ0n) is 12.2. The van der Waals surface area contributed by atoms with Gasteiger partial charge >= 0.3 is 0 Å². The summed E-state index contributed by atoms with van der Waals surface area (Å²) in [5.74, 6) is -0.405. The van der Waals surface area contributed by atoms with E-state index in [4.69, 9.17) is 16.3 Å². The molecule has 0 aliphatic rings. The Labute approximate surface area is 130 Å². The number of methoxy groups -OCH3 is 1.